The van der Waals surface area contributed by atoms with Crippen molar-refractivity contribution in [3.8, 4) is 17.0 Å². The molecule has 0 aliphatic rings. The maximum Gasteiger partial charge on any atom is 0.119 e. The summed E-state index contributed by atoms with van der Waals surface area (Å²) < 4.78 is 5.77. The van der Waals surface area contributed by atoms with Crippen LogP contribution in [0.2, 0.25) is 0 Å². The summed E-state index contributed by atoms with van der Waals surface area (Å²) in [5.74, 6) is 1.60. The predicted octanol–water partition coefficient (Wildman–Crippen LogP) is 6.86. The fourth-order valence-corrected chi connectivity index (χ4v) is 3.27. The van der Waals surface area contributed by atoms with E-state index in [1.54, 1.807) is 0 Å². The third kappa shape index (κ3) is 8.11. The van der Waals surface area contributed by atoms with Crippen molar-refractivity contribution >= 4 is 0 Å². The van der Waals surface area contributed by atoms with Crippen LogP contribution in [0.15, 0.2) is 36.4 Å². The summed E-state index contributed by atoms with van der Waals surface area (Å²) in [6.07, 6.45) is 11.2. The van der Waals surface area contributed by atoms with Crippen molar-refractivity contribution in [2.45, 2.75) is 78.6 Å². The first-order valence-electron chi connectivity index (χ1n) is 10.8. The molecule has 1 aromatic heterocycles. The minimum atomic E-state index is 0.672. The van der Waals surface area contributed by atoms with Crippen LogP contribution < -0.4 is 4.74 Å². The number of benzene rings is 1. The first kappa shape index (κ1) is 21.4. The van der Waals surface area contributed by atoms with Crippen LogP contribution in [0.3, 0.4) is 0 Å². The molecule has 0 N–H and O–H groups in total. The summed E-state index contributed by atoms with van der Waals surface area (Å²) in [6.45, 7) is 7.57. The number of hydrogen-bond acceptors (Lipinski definition) is 3. The predicted molar refractivity (Wildman–Crippen MR) is 114 cm³/mol. The lowest BCUT2D eigenvalue weighted by molar-refractivity contribution is 0.306. The Hall–Kier alpha value is -1.90. The van der Waals surface area contributed by atoms with Crippen LogP contribution in [0.25, 0.3) is 11.3 Å². The van der Waals surface area contributed by atoms with E-state index >= 15 is 0 Å². The van der Waals surface area contributed by atoms with Crippen molar-refractivity contribution in [2.75, 3.05) is 6.61 Å². The third-order valence-electron chi connectivity index (χ3n) is 4.99. The zero-order chi connectivity index (χ0) is 19.3. The molecule has 1 atom stereocenters. The van der Waals surface area contributed by atoms with Crippen LogP contribution in [0.4, 0.5) is 0 Å². The molecule has 0 aliphatic heterocycles. The van der Waals surface area contributed by atoms with Gasteiger partial charge in [-0.15, -0.1) is 0 Å². The molecular weight excluding hydrogens is 332 g/mol. The summed E-state index contributed by atoms with van der Waals surface area (Å²) in [6, 6.07) is 12.4. The molecule has 0 saturated heterocycles. The monoisotopic (exact) mass is 368 g/mol. The first-order chi connectivity index (χ1) is 13.2. The second-order valence-electron chi connectivity index (χ2n) is 7.65. The van der Waals surface area contributed by atoms with E-state index in [-0.39, 0.29) is 0 Å². The summed E-state index contributed by atoms with van der Waals surface area (Å²) in [7, 11) is 0. The Labute approximate surface area is 165 Å². The van der Waals surface area contributed by atoms with Gasteiger partial charge in [0.15, 0.2) is 0 Å². The lowest BCUT2D eigenvalue weighted by Crippen LogP contribution is -2.03. The van der Waals surface area contributed by atoms with E-state index in [0.29, 0.717) is 5.92 Å². The molecule has 0 spiro atoms. The van der Waals surface area contributed by atoms with Gasteiger partial charge in [-0.25, -0.2) is 0 Å². The van der Waals surface area contributed by atoms with Crippen molar-refractivity contribution in [1.29, 1.82) is 0 Å². The quantitative estimate of drug-likeness (QED) is 0.362. The lowest BCUT2D eigenvalue weighted by Gasteiger charge is -2.10. The zero-order valence-corrected chi connectivity index (χ0v) is 17.4. The number of rotatable bonds is 13. The van der Waals surface area contributed by atoms with Crippen molar-refractivity contribution in [1.82, 2.24) is 10.2 Å². The van der Waals surface area contributed by atoms with Crippen LogP contribution in [0.5, 0.6) is 5.75 Å². The molecule has 27 heavy (non-hydrogen) atoms. The molecular formula is C24H36N2O. The van der Waals surface area contributed by atoms with Gasteiger partial charge in [-0.3, -0.25) is 0 Å². The molecule has 0 saturated carbocycles. The van der Waals surface area contributed by atoms with Gasteiger partial charge < -0.3 is 4.74 Å². The molecule has 1 unspecified atom stereocenters. The van der Waals surface area contributed by atoms with Gasteiger partial charge in [0.25, 0.3) is 0 Å². The topological polar surface area (TPSA) is 35.0 Å². The van der Waals surface area contributed by atoms with Crippen molar-refractivity contribution < 1.29 is 4.74 Å². The summed E-state index contributed by atoms with van der Waals surface area (Å²) in [5, 5.41) is 8.89. The maximum absolute atomic E-state index is 5.77. The smallest absolute Gasteiger partial charge is 0.119 e. The van der Waals surface area contributed by atoms with E-state index in [9.17, 15) is 0 Å². The molecule has 0 radical (unpaired) electrons. The van der Waals surface area contributed by atoms with E-state index in [1.807, 2.05) is 12.1 Å². The number of nitrogens with zero attached hydrogens (tertiary/aromatic N) is 2. The lowest BCUT2D eigenvalue weighted by atomic mass is 9.97. The highest BCUT2D eigenvalue weighted by molar-refractivity contribution is 5.59. The van der Waals surface area contributed by atoms with E-state index in [2.05, 4.69) is 55.2 Å². The molecule has 0 bridgehead atoms. The molecule has 1 heterocycles. The van der Waals surface area contributed by atoms with Gasteiger partial charge >= 0.3 is 0 Å². The Kier molecular flexibility index (Phi) is 9.89. The largest absolute Gasteiger partial charge is 0.494 e. The minimum Gasteiger partial charge on any atom is -0.494 e. The number of ether oxygens (including phenoxy) is 1. The van der Waals surface area contributed by atoms with Gasteiger partial charge in [-0.1, -0.05) is 65.7 Å². The Morgan fingerprint density at radius 2 is 1.56 bits per heavy atom. The Morgan fingerprint density at radius 3 is 2.22 bits per heavy atom. The zero-order valence-electron chi connectivity index (χ0n) is 17.4. The standard InChI is InChI=1S/C24H36N2O/c1-4-6-8-9-11-20(3)19-22-14-17-24(26-25-22)21-12-15-23(16-13-21)27-18-10-7-5-2/h12-17,20H,4-11,18-19H2,1-3H3. The minimum absolute atomic E-state index is 0.672. The highest BCUT2D eigenvalue weighted by Crippen LogP contribution is 2.21. The van der Waals surface area contributed by atoms with Crippen molar-refractivity contribution in [3.63, 3.8) is 0 Å². The summed E-state index contributed by atoms with van der Waals surface area (Å²) in [5.41, 5.74) is 3.10. The average molecular weight is 369 g/mol. The van der Waals surface area contributed by atoms with Crippen LogP contribution in [-0.4, -0.2) is 16.8 Å². The van der Waals surface area contributed by atoms with Gasteiger partial charge in [-0.05, 0) is 55.2 Å². The van der Waals surface area contributed by atoms with E-state index in [4.69, 9.17) is 4.74 Å². The number of unbranched alkanes of at least 4 members (excludes halogenated alkanes) is 5. The van der Waals surface area contributed by atoms with Crippen LogP contribution in [0.1, 0.15) is 77.8 Å². The Balaban J connectivity index is 1.82. The average Bonchev–Trinajstić information content (AvgIpc) is 2.70. The van der Waals surface area contributed by atoms with Crippen LogP contribution in [-0.2, 0) is 6.42 Å². The van der Waals surface area contributed by atoms with Gasteiger partial charge in [0.1, 0.15) is 5.75 Å². The van der Waals surface area contributed by atoms with Crippen LogP contribution >= 0.6 is 0 Å². The highest BCUT2D eigenvalue weighted by Gasteiger charge is 2.07. The molecule has 0 amide bonds. The second-order valence-corrected chi connectivity index (χ2v) is 7.65. The molecule has 0 fully saturated rings. The summed E-state index contributed by atoms with van der Waals surface area (Å²) in [4.78, 5) is 0. The third-order valence-corrected chi connectivity index (χ3v) is 4.99. The molecule has 0 aliphatic carbocycles. The summed E-state index contributed by atoms with van der Waals surface area (Å²) >= 11 is 0. The number of aromatic nitrogens is 2. The maximum atomic E-state index is 5.77. The van der Waals surface area contributed by atoms with Crippen LogP contribution in [0, 0.1) is 5.92 Å². The normalized spacial score (nSPS) is 12.1. The fourth-order valence-electron chi connectivity index (χ4n) is 3.27. The highest BCUT2D eigenvalue weighted by atomic mass is 16.5. The van der Waals surface area contributed by atoms with Crippen molar-refractivity contribution in [3.05, 3.63) is 42.1 Å². The Bertz CT molecular complexity index is 622. The molecule has 3 nitrogen and oxygen atoms in total. The van der Waals surface area contributed by atoms with Gasteiger partial charge in [0.05, 0.1) is 18.0 Å². The molecule has 148 valence electrons. The van der Waals surface area contributed by atoms with Gasteiger partial charge in [0, 0.05) is 5.56 Å². The van der Waals surface area contributed by atoms with Crippen molar-refractivity contribution in [2.24, 2.45) is 5.92 Å². The second kappa shape index (κ2) is 12.5. The SMILES string of the molecule is CCCCCCC(C)Cc1ccc(-c2ccc(OCCCCC)cc2)nn1. The molecule has 2 rings (SSSR count). The number of hydrogen-bond donors (Lipinski definition) is 0. The van der Waals surface area contributed by atoms with Gasteiger partial charge in [0.2, 0.25) is 0 Å². The van der Waals surface area contributed by atoms with E-state index < -0.39 is 0 Å². The Morgan fingerprint density at radius 1 is 0.815 bits per heavy atom. The van der Waals surface area contributed by atoms with Gasteiger partial charge in [-0.2, -0.15) is 10.2 Å². The fraction of sp³-hybridized carbons (Fsp3) is 0.583. The molecule has 2 aromatic rings. The molecule has 3 heteroatoms. The molecule has 1 aromatic carbocycles. The van der Waals surface area contributed by atoms with E-state index in [0.717, 1.165) is 42.1 Å². The van der Waals surface area contributed by atoms with E-state index in [1.165, 1.54) is 44.9 Å². The first-order valence-corrected chi connectivity index (χ1v) is 10.8.